The monoisotopic (exact) mass is 481 g/mol. The van der Waals surface area contributed by atoms with Crippen molar-refractivity contribution in [3.05, 3.63) is 0 Å². The van der Waals surface area contributed by atoms with Gasteiger partial charge in [0, 0.05) is 6.42 Å². The summed E-state index contributed by atoms with van der Waals surface area (Å²) in [6.45, 7) is 2.04. The first kappa shape index (κ1) is 31.0. The Bertz CT molecular complexity index is 567. The second-order valence-corrected chi connectivity index (χ2v) is 10.8. The highest BCUT2D eigenvalue weighted by atomic mass is 31.2. The van der Waals surface area contributed by atoms with Crippen LogP contribution in [0, 0.1) is 0 Å². The molecule has 0 aromatic carbocycles. The van der Waals surface area contributed by atoms with Gasteiger partial charge in [-0.05, 0) is 6.42 Å². The van der Waals surface area contributed by atoms with Crippen LogP contribution in [0.4, 0.5) is 0 Å². The number of unbranched alkanes of at least 4 members (excludes halogenated alkanes) is 10. The van der Waals surface area contributed by atoms with Crippen LogP contribution in [-0.2, 0) is 23.2 Å². The number of carbonyl (C=O) groups excluding carboxylic acids is 1. The lowest BCUT2D eigenvalue weighted by Gasteiger charge is -2.24. The highest BCUT2D eigenvalue weighted by molar-refractivity contribution is 7.47. The fourth-order valence-corrected chi connectivity index (χ4v) is 3.75. The number of quaternary nitrogens is 1. The predicted molar refractivity (Wildman–Crippen MR) is 125 cm³/mol. The second-order valence-electron chi connectivity index (χ2n) is 9.36. The molecule has 0 aliphatic carbocycles. The third-order valence-electron chi connectivity index (χ3n) is 5.06. The van der Waals surface area contributed by atoms with Gasteiger partial charge in [-0.2, -0.15) is 0 Å². The molecule has 32 heavy (non-hydrogen) atoms. The minimum Gasteiger partial charge on any atom is -0.480 e. The van der Waals surface area contributed by atoms with Crippen molar-refractivity contribution in [3.63, 3.8) is 0 Å². The van der Waals surface area contributed by atoms with Crippen molar-refractivity contribution in [2.24, 2.45) is 0 Å². The number of phosphoric acid groups is 1. The lowest BCUT2D eigenvalue weighted by molar-refractivity contribution is -0.870. The third-order valence-corrected chi connectivity index (χ3v) is 6.05. The van der Waals surface area contributed by atoms with Crippen LogP contribution in [-0.4, -0.2) is 73.3 Å². The number of amides is 1. The molecule has 0 heterocycles. The minimum absolute atomic E-state index is 0.0137. The number of carbonyl (C=O) groups is 2. The minimum atomic E-state index is -4.39. The Morgan fingerprint density at radius 3 is 1.88 bits per heavy atom. The van der Waals surface area contributed by atoms with Crippen LogP contribution in [0.25, 0.3) is 0 Å². The smallest absolute Gasteiger partial charge is 0.472 e. The zero-order chi connectivity index (χ0) is 24.5. The molecule has 0 saturated heterocycles. The van der Waals surface area contributed by atoms with Gasteiger partial charge in [-0.25, -0.2) is 9.36 Å². The van der Waals surface area contributed by atoms with Crippen molar-refractivity contribution in [2.75, 3.05) is 40.9 Å². The molecule has 9 nitrogen and oxygen atoms in total. The number of nitrogens with one attached hydrogen (secondary N) is 1. The van der Waals surface area contributed by atoms with E-state index < -0.39 is 32.3 Å². The first-order valence-corrected chi connectivity index (χ1v) is 13.4. The Morgan fingerprint density at radius 1 is 0.906 bits per heavy atom. The molecule has 1 unspecified atom stereocenters. The lowest BCUT2D eigenvalue weighted by Crippen LogP contribution is -2.43. The standard InChI is InChI=1S/C22H45N2O7P/c1-5-6-7-8-9-10-11-12-13-14-15-16-21(25)23-20(22(26)27)19-31-32(28,29)30-18-17-24(2,3)4/h20H,5-19H2,1-4H3,(H2-,23,25,26,27,28,29)/p+1/t20-/m0/s1. The van der Waals surface area contributed by atoms with Gasteiger partial charge >= 0.3 is 13.8 Å². The van der Waals surface area contributed by atoms with Crippen molar-refractivity contribution < 1.29 is 37.7 Å². The van der Waals surface area contributed by atoms with Gasteiger partial charge in [-0.1, -0.05) is 71.1 Å². The Morgan fingerprint density at radius 2 is 1.41 bits per heavy atom. The Hall–Kier alpha value is -0.990. The lowest BCUT2D eigenvalue weighted by atomic mass is 10.1. The van der Waals surface area contributed by atoms with Crippen molar-refractivity contribution in [2.45, 2.75) is 90.0 Å². The first-order valence-electron chi connectivity index (χ1n) is 11.9. The van der Waals surface area contributed by atoms with Crippen LogP contribution in [0.5, 0.6) is 0 Å². The molecule has 3 N–H and O–H groups in total. The number of carboxylic acid groups (broad SMARTS) is 1. The van der Waals surface area contributed by atoms with Gasteiger partial charge in [-0.3, -0.25) is 13.8 Å². The number of phosphoric ester groups is 1. The van der Waals surface area contributed by atoms with E-state index in [1.54, 1.807) is 0 Å². The fraction of sp³-hybridized carbons (Fsp3) is 0.909. The number of carboxylic acids is 1. The highest BCUT2D eigenvalue weighted by Crippen LogP contribution is 2.43. The van der Waals surface area contributed by atoms with Crippen molar-refractivity contribution in [1.82, 2.24) is 5.32 Å². The maximum Gasteiger partial charge on any atom is 0.472 e. The van der Waals surface area contributed by atoms with Crippen molar-refractivity contribution in [1.29, 1.82) is 0 Å². The molecule has 1 amide bonds. The molecule has 0 aromatic rings. The number of aliphatic carboxylic acids is 1. The van der Waals surface area contributed by atoms with Crippen LogP contribution in [0.2, 0.25) is 0 Å². The molecule has 0 aliphatic rings. The highest BCUT2D eigenvalue weighted by Gasteiger charge is 2.28. The molecule has 0 bridgehead atoms. The zero-order valence-corrected chi connectivity index (χ0v) is 21.4. The average Bonchev–Trinajstić information content (AvgIpc) is 2.67. The molecule has 0 spiro atoms. The summed E-state index contributed by atoms with van der Waals surface area (Å²) in [5.41, 5.74) is 0. The van der Waals surface area contributed by atoms with Gasteiger partial charge in [0.1, 0.15) is 13.2 Å². The van der Waals surface area contributed by atoms with E-state index >= 15 is 0 Å². The van der Waals surface area contributed by atoms with Gasteiger partial charge in [0.2, 0.25) is 5.91 Å². The molecule has 0 saturated carbocycles. The van der Waals surface area contributed by atoms with Crippen molar-refractivity contribution >= 4 is 19.7 Å². The number of hydrogen-bond acceptors (Lipinski definition) is 5. The molecule has 10 heteroatoms. The van der Waals surface area contributed by atoms with E-state index in [1.165, 1.54) is 44.9 Å². The zero-order valence-electron chi connectivity index (χ0n) is 20.5. The molecule has 190 valence electrons. The van der Waals surface area contributed by atoms with Crippen LogP contribution < -0.4 is 5.32 Å². The second kappa shape index (κ2) is 17.5. The number of hydrogen-bond donors (Lipinski definition) is 3. The Balaban J connectivity index is 3.99. The van der Waals surface area contributed by atoms with Crippen molar-refractivity contribution in [3.8, 4) is 0 Å². The fourth-order valence-electron chi connectivity index (χ4n) is 3.03. The van der Waals surface area contributed by atoms with Crippen LogP contribution >= 0.6 is 7.82 Å². The van der Waals surface area contributed by atoms with E-state index in [0.29, 0.717) is 17.4 Å². The molecule has 0 fully saturated rings. The molecular formula is C22H46N2O7P+. The van der Waals surface area contributed by atoms with Gasteiger partial charge in [0.25, 0.3) is 0 Å². The summed E-state index contributed by atoms with van der Waals surface area (Å²) < 4.78 is 22.0. The summed E-state index contributed by atoms with van der Waals surface area (Å²) in [5.74, 6) is -1.74. The number of rotatable bonds is 21. The Kier molecular flexibility index (Phi) is 16.9. The van der Waals surface area contributed by atoms with Gasteiger partial charge in [-0.15, -0.1) is 0 Å². The Labute approximate surface area is 194 Å². The van der Waals surface area contributed by atoms with E-state index in [1.807, 2.05) is 21.1 Å². The quantitative estimate of drug-likeness (QED) is 0.128. The SMILES string of the molecule is CCCCCCCCCCCCCC(=O)N[C@@H](COP(=O)(O)OCC[N+](C)(C)C)C(=O)O. The third kappa shape index (κ3) is 19.7. The molecule has 0 radical (unpaired) electrons. The topological polar surface area (TPSA) is 122 Å². The normalized spacial score (nSPS) is 14.7. The van der Waals surface area contributed by atoms with Crippen LogP contribution in [0.3, 0.4) is 0 Å². The van der Waals surface area contributed by atoms with Gasteiger partial charge in [0.05, 0.1) is 27.7 Å². The predicted octanol–water partition coefficient (Wildman–Crippen LogP) is 4.10. The molecule has 0 aliphatic heterocycles. The summed E-state index contributed by atoms with van der Waals surface area (Å²) in [5, 5.41) is 11.6. The number of likely N-dealkylation sites (N-methyl/N-ethyl adjacent to an activating group) is 1. The maximum atomic E-state index is 12.0. The largest absolute Gasteiger partial charge is 0.480 e. The summed E-state index contributed by atoms with van der Waals surface area (Å²) in [4.78, 5) is 33.1. The molecule has 2 atom stereocenters. The van der Waals surface area contributed by atoms with E-state index in [-0.39, 0.29) is 13.0 Å². The summed E-state index contributed by atoms with van der Waals surface area (Å²) in [6, 6.07) is -1.40. The van der Waals surface area contributed by atoms with Crippen LogP contribution in [0.1, 0.15) is 84.0 Å². The van der Waals surface area contributed by atoms with E-state index in [4.69, 9.17) is 9.05 Å². The van der Waals surface area contributed by atoms with E-state index in [2.05, 4.69) is 12.2 Å². The first-order chi connectivity index (χ1) is 15.0. The maximum absolute atomic E-state index is 12.0. The van der Waals surface area contributed by atoms with E-state index in [9.17, 15) is 24.2 Å². The summed E-state index contributed by atoms with van der Waals surface area (Å²) >= 11 is 0. The van der Waals surface area contributed by atoms with Gasteiger partial charge in [0.15, 0.2) is 6.04 Å². The molecule has 0 rings (SSSR count). The summed E-state index contributed by atoms with van der Waals surface area (Å²) in [6.07, 6.45) is 13.0. The summed E-state index contributed by atoms with van der Waals surface area (Å²) in [7, 11) is 1.31. The molecular weight excluding hydrogens is 435 g/mol. The van der Waals surface area contributed by atoms with Gasteiger partial charge < -0.3 is 19.8 Å². The number of nitrogens with zero attached hydrogens (tertiary/aromatic N) is 1. The van der Waals surface area contributed by atoms with E-state index in [0.717, 1.165) is 19.3 Å². The van der Waals surface area contributed by atoms with Crippen LogP contribution in [0.15, 0.2) is 0 Å². The molecule has 0 aromatic heterocycles. The average molecular weight is 482 g/mol.